The van der Waals surface area contributed by atoms with Crippen molar-refractivity contribution in [2.45, 2.75) is 43.9 Å². The Labute approximate surface area is 255 Å². The second-order valence-corrected chi connectivity index (χ2v) is 11.6. The Morgan fingerprint density at radius 3 is 2.43 bits per heavy atom. The van der Waals surface area contributed by atoms with Gasteiger partial charge in [-0.3, -0.25) is 9.59 Å². The summed E-state index contributed by atoms with van der Waals surface area (Å²) >= 11 is 0. The van der Waals surface area contributed by atoms with Crippen LogP contribution in [0.5, 0.6) is 5.75 Å². The first kappa shape index (κ1) is 27.8. The number of ether oxygens (including phenoxy) is 1. The van der Waals surface area contributed by atoms with Gasteiger partial charge in [-0.15, -0.1) is 0 Å². The molecule has 220 valence electrons. The van der Waals surface area contributed by atoms with Gasteiger partial charge >= 0.3 is 0 Å². The molecule has 7 heteroatoms. The quantitative estimate of drug-likeness (QED) is 0.244. The summed E-state index contributed by atoms with van der Waals surface area (Å²) in [6, 6.07) is 35.2. The molecule has 1 amide bonds. The van der Waals surface area contributed by atoms with Crippen LogP contribution < -0.4 is 10.3 Å². The Hall–Kier alpha value is -5.01. The number of hydrogen-bond acceptors (Lipinski definition) is 5. The van der Waals surface area contributed by atoms with Crippen LogP contribution in [0.25, 0.3) is 11.1 Å². The van der Waals surface area contributed by atoms with E-state index in [-0.39, 0.29) is 17.5 Å². The number of amides is 1. The van der Waals surface area contributed by atoms with Crippen molar-refractivity contribution in [2.24, 2.45) is 0 Å². The van der Waals surface area contributed by atoms with Gasteiger partial charge in [-0.1, -0.05) is 97.1 Å². The van der Waals surface area contributed by atoms with Gasteiger partial charge in [-0.05, 0) is 47.2 Å². The lowest BCUT2D eigenvalue weighted by atomic mass is 9.94. The molecule has 2 N–H and O–H groups in total. The van der Waals surface area contributed by atoms with Crippen molar-refractivity contribution in [3.63, 3.8) is 0 Å². The molecule has 0 radical (unpaired) electrons. The smallest absolute Gasteiger partial charge is 0.256 e. The van der Waals surface area contributed by atoms with Crippen LogP contribution >= 0.6 is 0 Å². The monoisotopic (exact) mass is 583 g/mol. The van der Waals surface area contributed by atoms with Crippen molar-refractivity contribution in [1.29, 1.82) is 0 Å². The average molecular weight is 584 g/mol. The predicted molar refractivity (Wildman–Crippen MR) is 168 cm³/mol. The SMILES string of the molecule is O=C([C@H](O)c1cccc(-c2ccccc2OCc2ccccc2)c1)N1CCc2nc(C3(c4ccccc4)CC3)[nH]c(=O)c2C1. The van der Waals surface area contributed by atoms with E-state index in [9.17, 15) is 14.7 Å². The number of hydrogen-bond donors (Lipinski definition) is 2. The summed E-state index contributed by atoms with van der Waals surface area (Å²) in [6.07, 6.45) is 0.978. The third-order valence-corrected chi connectivity index (χ3v) is 8.78. The molecule has 5 aromatic rings. The second kappa shape index (κ2) is 11.6. The van der Waals surface area contributed by atoms with E-state index < -0.39 is 12.0 Å². The van der Waals surface area contributed by atoms with Gasteiger partial charge in [0.1, 0.15) is 18.2 Å². The van der Waals surface area contributed by atoms with Gasteiger partial charge in [0, 0.05) is 18.5 Å². The molecule has 1 saturated carbocycles. The lowest BCUT2D eigenvalue weighted by molar-refractivity contribution is -0.141. The zero-order chi connectivity index (χ0) is 30.1. The average Bonchev–Trinajstić information content (AvgIpc) is 3.90. The highest BCUT2D eigenvalue weighted by molar-refractivity contribution is 5.83. The highest BCUT2D eigenvalue weighted by Crippen LogP contribution is 2.52. The summed E-state index contributed by atoms with van der Waals surface area (Å²) in [6.45, 7) is 0.923. The molecule has 1 aliphatic heterocycles. The van der Waals surface area contributed by atoms with Crippen molar-refractivity contribution in [1.82, 2.24) is 14.9 Å². The van der Waals surface area contributed by atoms with Gasteiger partial charge in [0.25, 0.3) is 11.5 Å². The third-order valence-electron chi connectivity index (χ3n) is 8.78. The van der Waals surface area contributed by atoms with Crippen LogP contribution in [0.15, 0.2) is 114 Å². The van der Waals surface area contributed by atoms with Crippen LogP contribution in [-0.4, -0.2) is 32.4 Å². The summed E-state index contributed by atoms with van der Waals surface area (Å²) in [4.78, 5) is 36.3. The maximum Gasteiger partial charge on any atom is 0.256 e. The topological polar surface area (TPSA) is 95.5 Å². The fourth-order valence-corrected chi connectivity index (χ4v) is 6.14. The molecule has 2 heterocycles. The summed E-state index contributed by atoms with van der Waals surface area (Å²) < 4.78 is 6.15. The standard InChI is InChI=1S/C37H33N3O4/c41-33(27-13-9-12-26(22-27)29-16-7-8-17-32(29)44-24-25-10-3-1-4-11-25)35(43)40-21-18-31-30(23-40)34(42)39-36(38-31)37(19-20-37)28-14-5-2-6-15-28/h1-17,22,33,41H,18-21,23-24H2,(H,38,39,42)/t33-/m1/s1. The Kier molecular flexibility index (Phi) is 7.32. The van der Waals surface area contributed by atoms with Gasteiger partial charge in [0.05, 0.1) is 23.2 Å². The Morgan fingerprint density at radius 1 is 0.932 bits per heavy atom. The number of carbonyl (C=O) groups excluding carboxylic acids is 1. The third kappa shape index (κ3) is 5.31. The van der Waals surface area contributed by atoms with E-state index in [2.05, 4.69) is 17.1 Å². The first-order chi connectivity index (χ1) is 21.5. The number of nitrogens with zero attached hydrogens (tertiary/aromatic N) is 2. The van der Waals surface area contributed by atoms with Gasteiger partial charge in [0.2, 0.25) is 0 Å². The summed E-state index contributed by atoms with van der Waals surface area (Å²) in [5.41, 5.74) is 5.18. The molecule has 0 unspecified atom stereocenters. The number of para-hydroxylation sites is 1. The van der Waals surface area contributed by atoms with E-state index in [1.54, 1.807) is 11.0 Å². The van der Waals surface area contributed by atoms with Gasteiger partial charge in [-0.2, -0.15) is 0 Å². The molecule has 2 aliphatic rings. The molecule has 0 bridgehead atoms. The number of carbonyl (C=O) groups is 1. The van der Waals surface area contributed by atoms with Gasteiger partial charge < -0.3 is 19.7 Å². The zero-order valence-corrected chi connectivity index (χ0v) is 24.3. The number of aromatic amines is 1. The highest BCUT2D eigenvalue weighted by atomic mass is 16.5. The van der Waals surface area contributed by atoms with Crippen molar-refractivity contribution in [2.75, 3.05) is 6.54 Å². The van der Waals surface area contributed by atoms with E-state index >= 15 is 0 Å². The van der Waals surface area contributed by atoms with E-state index in [0.717, 1.165) is 40.8 Å². The van der Waals surface area contributed by atoms with Crippen LogP contribution in [0.2, 0.25) is 0 Å². The number of aliphatic hydroxyl groups excluding tert-OH is 1. The van der Waals surface area contributed by atoms with Crippen molar-refractivity contribution >= 4 is 5.91 Å². The number of aliphatic hydroxyl groups is 1. The van der Waals surface area contributed by atoms with Crippen LogP contribution in [0, 0.1) is 0 Å². The van der Waals surface area contributed by atoms with Crippen LogP contribution in [0.1, 0.15) is 52.7 Å². The van der Waals surface area contributed by atoms with E-state index in [1.807, 2.05) is 91.0 Å². The number of benzene rings is 4. The number of aromatic nitrogens is 2. The number of fused-ring (bicyclic) bond motifs is 1. The Bertz CT molecular complexity index is 1870. The van der Waals surface area contributed by atoms with E-state index in [0.29, 0.717) is 42.3 Å². The fraction of sp³-hybridized carbons (Fsp3) is 0.216. The maximum absolute atomic E-state index is 13.5. The molecule has 1 fully saturated rings. The van der Waals surface area contributed by atoms with Crippen molar-refractivity contribution in [3.05, 3.63) is 153 Å². The van der Waals surface area contributed by atoms with Crippen LogP contribution in [0.3, 0.4) is 0 Å². The normalized spacial score (nSPS) is 15.7. The van der Waals surface area contributed by atoms with Crippen LogP contribution in [0.4, 0.5) is 0 Å². The molecule has 1 aliphatic carbocycles. The Morgan fingerprint density at radius 2 is 1.66 bits per heavy atom. The lowest BCUT2D eigenvalue weighted by Gasteiger charge is -2.30. The second-order valence-electron chi connectivity index (χ2n) is 11.6. The highest BCUT2D eigenvalue weighted by Gasteiger charge is 2.48. The molecule has 1 atom stereocenters. The molecule has 44 heavy (non-hydrogen) atoms. The molecule has 0 spiro atoms. The zero-order valence-electron chi connectivity index (χ0n) is 24.3. The minimum atomic E-state index is -1.37. The predicted octanol–water partition coefficient (Wildman–Crippen LogP) is 5.71. The molecule has 1 aromatic heterocycles. The van der Waals surface area contributed by atoms with E-state index in [4.69, 9.17) is 9.72 Å². The summed E-state index contributed by atoms with van der Waals surface area (Å²) in [5, 5.41) is 11.2. The first-order valence-electron chi connectivity index (χ1n) is 15.0. The molecule has 4 aromatic carbocycles. The number of H-pyrrole nitrogens is 1. The lowest BCUT2D eigenvalue weighted by Crippen LogP contribution is -2.42. The van der Waals surface area contributed by atoms with Crippen molar-refractivity contribution < 1.29 is 14.6 Å². The van der Waals surface area contributed by atoms with Gasteiger partial charge in [0.15, 0.2) is 6.10 Å². The fourth-order valence-electron chi connectivity index (χ4n) is 6.14. The molecule has 0 saturated heterocycles. The maximum atomic E-state index is 13.5. The molecule has 7 rings (SSSR count). The van der Waals surface area contributed by atoms with Gasteiger partial charge in [-0.25, -0.2) is 4.98 Å². The molecule has 7 nitrogen and oxygen atoms in total. The van der Waals surface area contributed by atoms with Crippen LogP contribution in [-0.2, 0) is 29.8 Å². The minimum absolute atomic E-state index is 0.113. The number of nitrogens with one attached hydrogen (secondary N) is 1. The largest absolute Gasteiger partial charge is 0.488 e. The summed E-state index contributed by atoms with van der Waals surface area (Å²) in [5.74, 6) is 0.984. The molecular weight excluding hydrogens is 550 g/mol. The molecular formula is C37H33N3O4. The summed E-state index contributed by atoms with van der Waals surface area (Å²) in [7, 11) is 0. The number of rotatable bonds is 8. The minimum Gasteiger partial charge on any atom is -0.488 e. The first-order valence-corrected chi connectivity index (χ1v) is 15.0. The van der Waals surface area contributed by atoms with E-state index in [1.165, 1.54) is 0 Å². The van der Waals surface area contributed by atoms with Crippen molar-refractivity contribution in [3.8, 4) is 16.9 Å². The Balaban J connectivity index is 1.08.